The molecule has 2 heterocycles. The molecule has 3 N–H and O–H groups in total. The molecule has 0 aliphatic rings. The van der Waals surface area contributed by atoms with E-state index in [0.29, 0.717) is 24.1 Å². The van der Waals surface area contributed by atoms with Crippen molar-refractivity contribution < 1.29 is 4.79 Å². The van der Waals surface area contributed by atoms with Crippen LogP contribution in [0.4, 0.5) is 5.82 Å². The summed E-state index contributed by atoms with van der Waals surface area (Å²) in [6, 6.07) is 19.9. The van der Waals surface area contributed by atoms with Crippen LogP contribution < -0.4 is 10.6 Å². The standard InChI is InChI=1S/C31H36N6O/c1-3-37(4-2)18-6-5-15-33-30-20-26(14-17-34-30)24-8-10-25(11-9-24)31(38)35-16-13-23-7-12-29-28(19-23)27(21-32)22-36-29/h7-12,14,17,19-20,22,36H,3-6,13,15-16,18H2,1-2H3,(H,33,34)(H,35,38). The number of unbranched alkanes of at least 4 members (excludes halogenated alkanes) is 1. The lowest BCUT2D eigenvalue weighted by Crippen LogP contribution is -2.25. The van der Waals surface area contributed by atoms with Crippen LogP contribution in [-0.2, 0) is 6.42 Å². The molecule has 7 heteroatoms. The molecule has 0 spiro atoms. The van der Waals surface area contributed by atoms with Gasteiger partial charge >= 0.3 is 0 Å². The van der Waals surface area contributed by atoms with E-state index in [0.717, 1.165) is 66.0 Å². The van der Waals surface area contributed by atoms with E-state index in [1.165, 1.54) is 6.42 Å². The van der Waals surface area contributed by atoms with Crippen LogP contribution in [0.2, 0.25) is 0 Å². The molecule has 4 aromatic rings. The van der Waals surface area contributed by atoms with Crippen LogP contribution in [0, 0.1) is 11.3 Å². The van der Waals surface area contributed by atoms with E-state index < -0.39 is 0 Å². The summed E-state index contributed by atoms with van der Waals surface area (Å²) in [7, 11) is 0. The number of amides is 1. The second-order valence-corrected chi connectivity index (χ2v) is 9.37. The first-order valence-electron chi connectivity index (χ1n) is 13.4. The molecule has 0 saturated carbocycles. The number of nitriles is 1. The first-order valence-corrected chi connectivity index (χ1v) is 13.4. The van der Waals surface area contributed by atoms with E-state index in [9.17, 15) is 10.1 Å². The minimum Gasteiger partial charge on any atom is -0.370 e. The minimum atomic E-state index is -0.0983. The molecule has 4 rings (SSSR count). The summed E-state index contributed by atoms with van der Waals surface area (Å²) < 4.78 is 0. The van der Waals surface area contributed by atoms with Gasteiger partial charge in [-0.25, -0.2) is 4.98 Å². The fourth-order valence-electron chi connectivity index (χ4n) is 4.58. The number of aromatic amines is 1. The van der Waals surface area contributed by atoms with Gasteiger partial charge in [-0.3, -0.25) is 4.79 Å². The van der Waals surface area contributed by atoms with Crippen molar-refractivity contribution in [2.75, 3.05) is 38.0 Å². The van der Waals surface area contributed by atoms with E-state index in [2.05, 4.69) is 51.5 Å². The number of carbonyl (C=O) groups excluding carboxylic acids is 1. The summed E-state index contributed by atoms with van der Waals surface area (Å²) in [5, 5.41) is 16.6. The number of nitrogens with one attached hydrogen (secondary N) is 3. The highest BCUT2D eigenvalue weighted by Crippen LogP contribution is 2.22. The fraction of sp³-hybridized carbons (Fsp3) is 0.323. The molecule has 0 aliphatic heterocycles. The highest BCUT2D eigenvalue weighted by atomic mass is 16.1. The van der Waals surface area contributed by atoms with Crippen molar-refractivity contribution in [3.05, 3.63) is 83.7 Å². The molecule has 0 atom stereocenters. The Bertz CT molecular complexity index is 1380. The zero-order valence-electron chi connectivity index (χ0n) is 22.3. The molecule has 2 aromatic heterocycles. The van der Waals surface area contributed by atoms with Gasteiger partial charge in [0.15, 0.2) is 0 Å². The van der Waals surface area contributed by atoms with Crippen LogP contribution in [-0.4, -0.2) is 53.5 Å². The number of nitrogens with zero attached hydrogens (tertiary/aromatic N) is 3. The predicted octanol–water partition coefficient (Wildman–Crippen LogP) is 5.61. The predicted molar refractivity (Wildman–Crippen MR) is 154 cm³/mol. The summed E-state index contributed by atoms with van der Waals surface area (Å²) in [4.78, 5) is 22.7. The van der Waals surface area contributed by atoms with Gasteiger partial charge in [0.2, 0.25) is 0 Å². The largest absolute Gasteiger partial charge is 0.370 e. The third-order valence-corrected chi connectivity index (χ3v) is 6.91. The molecule has 2 aromatic carbocycles. The van der Waals surface area contributed by atoms with Gasteiger partial charge < -0.3 is 20.5 Å². The first kappa shape index (κ1) is 26.9. The Morgan fingerprint density at radius 3 is 2.58 bits per heavy atom. The summed E-state index contributed by atoms with van der Waals surface area (Å²) >= 11 is 0. The van der Waals surface area contributed by atoms with Gasteiger partial charge in [0.1, 0.15) is 11.9 Å². The van der Waals surface area contributed by atoms with Gasteiger partial charge in [0.25, 0.3) is 5.91 Å². The van der Waals surface area contributed by atoms with E-state index >= 15 is 0 Å². The third-order valence-electron chi connectivity index (χ3n) is 6.91. The van der Waals surface area contributed by atoms with Gasteiger partial charge in [-0.05, 0) is 92.0 Å². The van der Waals surface area contributed by atoms with Crippen LogP contribution in [0.25, 0.3) is 22.0 Å². The number of hydrogen-bond donors (Lipinski definition) is 3. The monoisotopic (exact) mass is 508 g/mol. The van der Waals surface area contributed by atoms with Crippen LogP contribution in [0.3, 0.4) is 0 Å². The number of H-pyrrole nitrogens is 1. The normalized spacial score (nSPS) is 11.0. The topological polar surface area (TPSA) is 96.8 Å². The zero-order chi connectivity index (χ0) is 26.7. The summed E-state index contributed by atoms with van der Waals surface area (Å²) in [5.41, 5.74) is 5.39. The number of fused-ring (bicyclic) bond motifs is 1. The average Bonchev–Trinajstić information content (AvgIpc) is 3.37. The SMILES string of the molecule is CCN(CC)CCCCNc1cc(-c2ccc(C(=O)NCCc3ccc4[nH]cc(C#N)c4c3)cc2)ccn1. The van der Waals surface area contributed by atoms with Crippen LogP contribution in [0.5, 0.6) is 0 Å². The Labute approximate surface area is 224 Å². The van der Waals surface area contributed by atoms with Crippen molar-refractivity contribution in [1.82, 2.24) is 20.2 Å². The van der Waals surface area contributed by atoms with E-state index in [1.54, 1.807) is 6.20 Å². The first-order chi connectivity index (χ1) is 18.6. The van der Waals surface area contributed by atoms with Crippen LogP contribution >= 0.6 is 0 Å². The number of hydrogen-bond acceptors (Lipinski definition) is 5. The van der Waals surface area contributed by atoms with Crippen LogP contribution in [0.15, 0.2) is 67.0 Å². The molecule has 0 unspecified atom stereocenters. The van der Waals surface area contributed by atoms with Crippen molar-refractivity contribution in [3.8, 4) is 17.2 Å². The molecular formula is C31H36N6O. The number of anilines is 1. The lowest BCUT2D eigenvalue weighted by atomic mass is 10.0. The van der Waals surface area contributed by atoms with E-state index in [1.807, 2.05) is 54.7 Å². The van der Waals surface area contributed by atoms with Gasteiger partial charge in [-0.2, -0.15) is 5.26 Å². The Morgan fingerprint density at radius 2 is 1.82 bits per heavy atom. The minimum absolute atomic E-state index is 0.0983. The molecule has 196 valence electrons. The van der Waals surface area contributed by atoms with E-state index in [-0.39, 0.29) is 5.91 Å². The second kappa shape index (κ2) is 13.4. The Balaban J connectivity index is 1.26. The van der Waals surface area contributed by atoms with Crippen molar-refractivity contribution in [3.63, 3.8) is 0 Å². The molecule has 7 nitrogen and oxygen atoms in total. The summed E-state index contributed by atoms with van der Waals surface area (Å²) in [5.74, 6) is 0.769. The number of benzene rings is 2. The molecule has 38 heavy (non-hydrogen) atoms. The summed E-state index contributed by atoms with van der Waals surface area (Å²) in [6.45, 7) is 9.16. The lowest BCUT2D eigenvalue weighted by Gasteiger charge is -2.17. The molecule has 0 bridgehead atoms. The van der Waals surface area contributed by atoms with Crippen molar-refractivity contribution in [2.24, 2.45) is 0 Å². The maximum atomic E-state index is 12.7. The molecule has 0 fully saturated rings. The Morgan fingerprint density at radius 1 is 1.00 bits per heavy atom. The molecule has 0 saturated heterocycles. The van der Waals surface area contributed by atoms with Gasteiger partial charge in [0.05, 0.1) is 5.56 Å². The van der Waals surface area contributed by atoms with Crippen LogP contribution in [0.1, 0.15) is 48.2 Å². The highest BCUT2D eigenvalue weighted by molar-refractivity contribution is 5.94. The smallest absolute Gasteiger partial charge is 0.251 e. The number of carbonyl (C=O) groups is 1. The Hall–Kier alpha value is -4.15. The third kappa shape index (κ3) is 6.99. The maximum Gasteiger partial charge on any atom is 0.251 e. The van der Waals surface area contributed by atoms with Gasteiger partial charge in [0, 0.05) is 41.9 Å². The summed E-state index contributed by atoms with van der Waals surface area (Å²) in [6.07, 6.45) is 6.51. The van der Waals surface area contributed by atoms with Crippen molar-refractivity contribution in [2.45, 2.75) is 33.1 Å². The number of aromatic nitrogens is 2. The zero-order valence-corrected chi connectivity index (χ0v) is 22.3. The number of pyridine rings is 1. The van der Waals surface area contributed by atoms with Crippen molar-refractivity contribution >= 4 is 22.6 Å². The Kier molecular flexibility index (Phi) is 9.49. The van der Waals surface area contributed by atoms with Crippen molar-refractivity contribution in [1.29, 1.82) is 5.26 Å². The maximum absolute atomic E-state index is 12.7. The second-order valence-electron chi connectivity index (χ2n) is 9.37. The average molecular weight is 509 g/mol. The van der Waals surface area contributed by atoms with Gasteiger partial charge in [-0.15, -0.1) is 0 Å². The van der Waals surface area contributed by atoms with Gasteiger partial charge in [-0.1, -0.05) is 32.0 Å². The fourth-order valence-corrected chi connectivity index (χ4v) is 4.58. The lowest BCUT2D eigenvalue weighted by molar-refractivity contribution is 0.0954. The molecular weight excluding hydrogens is 472 g/mol. The molecule has 0 radical (unpaired) electrons. The molecule has 1 amide bonds. The highest BCUT2D eigenvalue weighted by Gasteiger charge is 2.08. The molecule has 0 aliphatic carbocycles. The quantitative estimate of drug-likeness (QED) is 0.204. The van der Waals surface area contributed by atoms with E-state index in [4.69, 9.17) is 0 Å². The number of rotatable bonds is 13.